The van der Waals surface area contributed by atoms with Crippen LogP contribution in [0.25, 0.3) is 0 Å². The Morgan fingerprint density at radius 2 is 2.35 bits per heavy atom. The maximum absolute atomic E-state index is 12.0. The molecule has 1 N–H and O–H groups in total. The molecule has 1 aromatic rings. The Hall–Kier alpha value is -0.610. The van der Waals surface area contributed by atoms with E-state index in [4.69, 9.17) is 11.6 Å². The summed E-state index contributed by atoms with van der Waals surface area (Å²) in [5.41, 5.74) is 1.94. The van der Waals surface area contributed by atoms with Crippen LogP contribution in [0.2, 0.25) is 0 Å². The van der Waals surface area contributed by atoms with Crippen molar-refractivity contribution < 1.29 is 4.79 Å². The van der Waals surface area contributed by atoms with E-state index < -0.39 is 0 Å². The number of amides is 1. The molecular formula is C12H17ClN2OS. The number of halogens is 1. The number of carbonyl (C=O) groups is 1. The van der Waals surface area contributed by atoms with E-state index in [1.165, 1.54) is 11.3 Å². The molecule has 0 bridgehead atoms. The number of carbonyl (C=O) groups excluding carboxylic acids is 1. The second kappa shape index (κ2) is 5.36. The van der Waals surface area contributed by atoms with Gasteiger partial charge in [-0.1, -0.05) is 6.92 Å². The highest BCUT2D eigenvalue weighted by atomic mass is 35.5. The van der Waals surface area contributed by atoms with Gasteiger partial charge >= 0.3 is 0 Å². The number of hydrogen-bond acceptors (Lipinski definition) is 3. The summed E-state index contributed by atoms with van der Waals surface area (Å²) >= 11 is 7.49. The Morgan fingerprint density at radius 1 is 1.65 bits per heavy atom. The molecule has 1 fully saturated rings. The van der Waals surface area contributed by atoms with Crippen LogP contribution in [-0.4, -0.2) is 22.3 Å². The quantitative estimate of drug-likeness (QED) is 0.860. The lowest BCUT2D eigenvalue weighted by Crippen LogP contribution is -2.52. The highest BCUT2D eigenvalue weighted by Gasteiger charge is 2.35. The van der Waals surface area contributed by atoms with Crippen molar-refractivity contribution >= 4 is 28.8 Å². The number of nitrogens with one attached hydrogen (secondary N) is 1. The number of hydrogen-bond donors (Lipinski definition) is 1. The van der Waals surface area contributed by atoms with Crippen LogP contribution in [0.5, 0.6) is 0 Å². The smallest absolute Gasteiger partial charge is 0.271 e. The first-order valence-corrected chi connectivity index (χ1v) is 7.40. The Bertz CT molecular complexity index is 372. The third-order valence-corrected chi connectivity index (χ3v) is 4.63. The van der Waals surface area contributed by atoms with Crippen molar-refractivity contribution in [2.45, 2.75) is 38.1 Å². The molecule has 1 amide bonds. The van der Waals surface area contributed by atoms with Crippen molar-refractivity contribution in [2.24, 2.45) is 5.92 Å². The van der Waals surface area contributed by atoms with Crippen LogP contribution < -0.4 is 5.32 Å². The van der Waals surface area contributed by atoms with Gasteiger partial charge in [-0.05, 0) is 31.6 Å². The first kappa shape index (κ1) is 12.8. The monoisotopic (exact) mass is 272 g/mol. The molecule has 0 aliphatic heterocycles. The minimum Gasteiger partial charge on any atom is -0.344 e. The van der Waals surface area contributed by atoms with Crippen molar-refractivity contribution in [3.63, 3.8) is 0 Å². The first-order chi connectivity index (χ1) is 8.15. The second-order valence-corrected chi connectivity index (χ2v) is 5.91. The predicted octanol–water partition coefficient (Wildman–Crippen LogP) is 3.06. The van der Waals surface area contributed by atoms with Gasteiger partial charge in [0.05, 0.1) is 11.0 Å². The third-order valence-electron chi connectivity index (χ3n) is 3.53. The Balaban J connectivity index is 2.02. The molecule has 0 saturated heterocycles. The fraction of sp³-hybridized carbons (Fsp3) is 0.667. The van der Waals surface area contributed by atoms with E-state index in [9.17, 15) is 4.79 Å². The standard InChI is InChI=1S/C12H17ClN2OS/c1-9-2-4-12(7-13,5-3-9)15-11(16)10-6-17-8-14-10/h6,8-9H,2-5,7H2,1H3,(H,15,16). The maximum Gasteiger partial charge on any atom is 0.271 e. The molecule has 94 valence electrons. The Morgan fingerprint density at radius 3 is 2.88 bits per heavy atom. The Kier molecular flexibility index (Phi) is 4.05. The van der Waals surface area contributed by atoms with Crippen LogP contribution in [0.1, 0.15) is 43.1 Å². The molecule has 0 atom stereocenters. The van der Waals surface area contributed by atoms with Gasteiger partial charge in [0.25, 0.3) is 5.91 Å². The average Bonchev–Trinajstić information content (AvgIpc) is 2.86. The van der Waals surface area contributed by atoms with E-state index in [1.807, 2.05) is 0 Å². The number of aromatic nitrogens is 1. The molecule has 0 spiro atoms. The summed E-state index contributed by atoms with van der Waals surface area (Å²) in [5, 5.41) is 4.84. The molecular weight excluding hydrogens is 256 g/mol. The van der Waals surface area contributed by atoms with Crippen LogP contribution in [0.4, 0.5) is 0 Å². The minimum absolute atomic E-state index is 0.0959. The number of rotatable bonds is 3. The largest absolute Gasteiger partial charge is 0.344 e. The molecule has 1 aliphatic carbocycles. The maximum atomic E-state index is 12.0. The van der Waals surface area contributed by atoms with E-state index in [0.717, 1.165) is 31.6 Å². The molecule has 0 unspecified atom stereocenters. The zero-order valence-electron chi connectivity index (χ0n) is 9.91. The van der Waals surface area contributed by atoms with Crippen LogP contribution in [0.15, 0.2) is 10.9 Å². The first-order valence-electron chi connectivity index (χ1n) is 5.92. The minimum atomic E-state index is -0.227. The van der Waals surface area contributed by atoms with Gasteiger partial charge in [-0.15, -0.1) is 22.9 Å². The van der Waals surface area contributed by atoms with Gasteiger partial charge in [0.15, 0.2) is 0 Å². The van der Waals surface area contributed by atoms with E-state index in [2.05, 4.69) is 17.2 Å². The van der Waals surface area contributed by atoms with Crippen molar-refractivity contribution in [2.75, 3.05) is 5.88 Å². The summed E-state index contributed by atoms with van der Waals surface area (Å²) < 4.78 is 0. The fourth-order valence-electron chi connectivity index (χ4n) is 2.24. The van der Waals surface area contributed by atoms with Gasteiger partial charge in [-0.3, -0.25) is 4.79 Å². The van der Waals surface area contributed by atoms with Crippen molar-refractivity contribution in [1.29, 1.82) is 0 Å². The van der Waals surface area contributed by atoms with Crippen molar-refractivity contribution in [3.05, 3.63) is 16.6 Å². The molecule has 17 heavy (non-hydrogen) atoms. The van der Waals surface area contributed by atoms with E-state index in [0.29, 0.717) is 11.6 Å². The van der Waals surface area contributed by atoms with E-state index in [-0.39, 0.29) is 11.4 Å². The molecule has 1 saturated carbocycles. The van der Waals surface area contributed by atoms with Crippen molar-refractivity contribution in [1.82, 2.24) is 10.3 Å². The lowest BCUT2D eigenvalue weighted by atomic mass is 9.78. The van der Waals surface area contributed by atoms with Gasteiger partial charge < -0.3 is 5.32 Å². The second-order valence-electron chi connectivity index (χ2n) is 4.92. The predicted molar refractivity (Wildman–Crippen MR) is 70.7 cm³/mol. The summed E-state index contributed by atoms with van der Waals surface area (Å²) in [6, 6.07) is 0. The molecule has 1 aliphatic rings. The molecule has 0 radical (unpaired) electrons. The van der Waals surface area contributed by atoms with Crippen LogP contribution >= 0.6 is 22.9 Å². The van der Waals surface area contributed by atoms with Gasteiger partial charge in [0, 0.05) is 11.3 Å². The SMILES string of the molecule is CC1CCC(CCl)(NC(=O)c2cscn2)CC1. The van der Waals surface area contributed by atoms with Crippen LogP contribution in [0.3, 0.4) is 0 Å². The van der Waals surface area contributed by atoms with Crippen LogP contribution in [-0.2, 0) is 0 Å². The molecule has 3 nitrogen and oxygen atoms in total. The summed E-state index contributed by atoms with van der Waals surface area (Å²) in [4.78, 5) is 16.0. The summed E-state index contributed by atoms with van der Waals surface area (Å²) in [5.74, 6) is 1.12. The molecule has 5 heteroatoms. The summed E-state index contributed by atoms with van der Waals surface area (Å²) in [6.07, 6.45) is 4.19. The fourth-order valence-corrected chi connectivity index (χ4v) is 3.10. The Labute approximate surface area is 111 Å². The highest BCUT2D eigenvalue weighted by Crippen LogP contribution is 2.33. The topological polar surface area (TPSA) is 42.0 Å². The lowest BCUT2D eigenvalue weighted by Gasteiger charge is -2.38. The molecule has 1 heterocycles. The normalized spacial score (nSPS) is 28.9. The third kappa shape index (κ3) is 2.99. The highest BCUT2D eigenvalue weighted by molar-refractivity contribution is 7.07. The van der Waals surface area contributed by atoms with Gasteiger partial charge in [-0.25, -0.2) is 4.98 Å². The number of thiazole rings is 1. The lowest BCUT2D eigenvalue weighted by molar-refractivity contribution is 0.0868. The number of nitrogens with zero attached hydrogens (tertiary/aromatic N) is 1. The zero-order valence-corrected chi connectivity index (χ0v) is 11.5. The number of alkyl halides is 1. The summed E-state index contributed by atoms with van der Waals surface area (Å²) in [6.45, 7) is 2.25. The van der Waals surface area contributed by atoms with E-state index >= 15 is 0 Å². The van der Waals surface area contributed by atoms with Gasteiger partial charge in [0.2, 0.25) is 0 Å². The average molecular weight is 273 g/mol. The summed E-state index contributed by atoms with van der Waals surface area (Å²) in [7, 11) is 0. The molecule has 2 rings (SSSR count). The molecule has 1 aromatic heterocycles. The van der Waals surface area contributed by atoms with E-state index in [1.54, 1.807) is 10.9 Å². The zero-order chi connectivity index (χ0) is 12.3. The van der Waals surface area contributed by atoms with Crippen molar-refractivity contribution in [3.8, 4) is 0 Å². The van der Waals surface area contributed by atoms with Gasteiger partial charge in [0.1, 0.15) is 5.69 Å². The van der Waals surface area contributed by atoms with Crippen LogP contribution in [0, 0.1) is 5.92 Å². The molecule has 0 aromatic carbocycles. The van der Waals surface area contributed by atoms with Gasteiger partial charge in [-0.2, -0.15) is 0 Å².